The zero-order chi connectivity index (χ0) is 22.1. The maximum Gasteiger partial charge on any atom is 0.241 e. The monoisotopic (exact) mass is 435 g/mol. The fraction of sp³-hybridized carbons (Fsp3) is 0.300. The van der Waals surface area contributed by atoms with Gasteiger partial charge >= 0.3 is 0 Å². The number of benzene rings is 2. The molecule has 0 saturated carbocycles. The Morgan fingerprint density at radius 2 is 1.67 bits per heavy atom. The van der Waals surface area contributed by atoms with Gasteiger partial charge in [0.25, 0.3) is 0 Å². The van der Waals surface area contributed by atoms with Gasteiger partial charge in [0.15, 0.2) is 11.5 Å². The highest BCUT2D eigenvalue weighted by Crippen LogP contribution is 2.25. The number of rotatable bonds is 10. The minimum absolute atomic E-state index is 0.0178. The largest absolute Gasteiger partial charge is 0.493 e. The maximum absolute atomic E-state index is 12.4. The van der Waals surface area contributed by atoms with Gasteiger partial charge in [-0.05, 0) is 43.3 Å². The second-order valence-corrected chi connectivity index (χ2v) is 8.05. The van der Waals surface area contributed by atoms with Crippen LogP contribution in [-0.2, 0) is 19.6 Å². The molecule has 0 aliphatic carbocycles. The first-order chi connectivity index (χ1) is 14.2. The van der Waals surface area contributed by atoms with Crippen molar-refractivity contribution in [1.82, 2.24) is 10.0 Å². The van der Waals surface area contributed by atoms with E-state index in [-0.39, 0.29) is 24.0 Å². The molecule has 3 N–H and O–H groups in total. The van der Waals surface area contributed by atoms with Crippen LogP contribution in [0.5, 0.6) is 11.5 Å². The van der Waals surface area contributed by atoms with Gasteiger partial charge in [-0.3, -0.25) is 9.59 Å². The van der Waals surface area contributed by atoms with E-state index >= 15 is 0 Å². The molecule has 30 heavy (non-hydrogen) atoms. The third-order valence-corrected chi connectivity index (χ3v) is 5.49. The summed E-state index contributed by atoms with van der Waals surface area (Å²) in [5, 5.41) is 5.17. The quantitative estimate of drug-likeness (QED) is 0.486. The summed E-state index contributed by atoms with van der Waals surface area (Å²) in [4.78, 5) is 23.2. The molecule has 0 bridgehead atoms. The fourth-order valence-corrected chi connectivity index (χ4v) is 3.70. The second kappa shape index (κ2) is 10.6. The van der Waals surface area contributed by atoms with Gasteiger partial charge in [-0.15, -0.1) is 0 Å². The zero-order valence-corrected chi connectivity index (χ0v) is 17.8. The number of hydrogen-bond donors (Lipinski definition) is 3. The van der Waals surface area contributed by atoms with Crippen molar-refractivity contribution in [2.45, 2.75) is 24.8 Å². The number of amides is 2. The number of methoxy groups -OCH3 is 1. The van der Waals surface area contributed by atoms with Gasteiger partial charge in [-0.2, -0.15) is 4.72 Å². The molecule has 0 saturated heterocycles. The molecule has 1 atom stereocenters. The third-order valence-electron chi connectivity index (χ3n) is 3.94. The highest BCUT2D eigenvalue weighted by molar-refractivity contribution is 7.89. The second-order valence-electron chi connectivity index (χ2n) is 6.34. The molecule has 0 fully saturated rings. The van der Waals surface area contributed by atoms with Crippen molar-refractivity contribution in [2.24, 2.45) is 0 Å². The van der Waals surface area contributed by atoms with Crippen molar-refractivity contribution in [2.75, 3.05) is 25.6 Å². The van der Waals surface area contributed by atoms with Crippen molar-refractivity contribution < 1.29 is 27.5 Å². The Kier molecular flexibility index (Phi) is 8.19. The molecule has 2 rings (SSSR count). The Bertz CT molecular complexity index is 976. The van der Waals surface area contributed by atoms with E-state index in [1.54, 1.807) is 18.2 Å². The standard InChI is InChI=1S/C20H25N3O6S/c1-14(20(25)21-12-13-29-19-7-5-4-6-18(19)28-3)23-30(26,27)17-10-8-16(9-11-17)22-15(2)24/h4-11,14,23H,12-13H2,1-3H3,(H,21,25)(H,22,24)/t14-/m0/s1. The Morgan fingerprint density at radius 1 is 1.03 bits per heavy atom. The number of nitrogens with one attached hydrogen (secondary N) is 3. The predicted octanol–water partition coefficient (Wildman–Crippen LogP) is 1.52. The Morgan fingerprint density at radius 3 is 2.27 bits per heavy atom. The van der Waals surface area contributed by atoms with E-state index in [9.17, 15) is 18.0 Å². The van der Waals surface area contributed by atoms with Crippen LogP contribution in [0.3, 0.4) is 0 Å². The molecule has 2 aromatic rings. The number of sulfonamides is 1. The molecule has 0 aromatic heterocycles. The van der Waals surface area contributed by atoms with Crippen molar-refractivity contribution in [3.8, 4) is 11.5 Å². The predicted molar refractivity (Wildman–Crippen MR) is 112 cm³/mol. The van der Waals surface area contributed by atoms with Crippen molar-refractivity contribution >= 4 is 27.5 Å². The lowest BCUT2D eigenvalue weighted by molar-refractivity contribution is -0.122. The van der Waals surface area contributed by atoms with Gasteiger partial charge in [-0.1, -0.05) is 12.1 Å². The Hall–Kier alpha value is -3.11. The highest BCUT2D eigenvalue weighted by Gasteiger charge is 2.22. The first kappa shape index (κ1) is 23.2. The topological polar surface area (TPSA) is 123 Å². The van der Waals surface area contributed by atoms with Gasteiger partial charge in [0.1, 0.15) is 6.61 Å². The van der Waals surface area contributed by atoms with E-state index in [4.69, 9.17) is 9.47 Å². The molecule has 0 heterocycles. The molecule has 0 unspecified atom stereocenters. The molecule has 2 aromatic carbocycles. The van der Waals surface area contributed by atoms with Gasteiger partial charge in [0.2, 0.25) is 21.8 Å². The van der Waals surface area contributed by atoms with E-state index < -0.39 is 22.0 Å². The molecular weight excluding hydrogens is 410 g/mol. The minimum atomic E-state index is -3.90. The number of anilines is 1. The molecule has 0 aliphatic rings. The van der Waals surface area contributed by atoms with Crippen molar-refractivity contribution in [3.05, 3.63) is 48.5 Å². The summed E-state index contributed by atoms with van der Waals surface area (Å²) in [6.07, 6.45) is 0. The summed E-state index contributed by atoms with van der Waals surface area (Å²) in [5.74, 6) is 0.376. The summed E-state index contributed by atoms with van der Waals surface area (Å²) in [7, 11) is -2.37. The highest BCUT2D eigenvalue weighted by atomic mass is 32.2. The Balaban J connectivity index is 1.84. The molecule has 0 aliphatic heterocycles. The molecular formula is C20H25N3O6S. The van der Waals surface area contributed by atoms with E-state index in [2.05, 4.69) is 15.4 Å². The lowest BCUT2D eigenvalue weighted by atomic mass is 10.3. The van der Waals surface area contributed by atoms with Crippen LogP contribution in [0.25, 0.3) is 0 Å². The van der Waals surface area contributed by atoms with E-state index in [1.165, 1.54) is 45.2 Å². The first-order valence-corrected chi connectivity index (χ1v) is 10.6. The maximum atomic E-state index is 12.4. The van der Waals surface area contributed by atoms with Gasteiger partial charge in [0.05, 0.1) is 24.6 Å². The van der Waals surface area contributed by atoms with Crippen LogP contribution < -0.4 is 24.8 Å². The Labute approximate surface area is 175 Å². The molecule has 0 spiro atoms. The summed E-state index contributed by atoms with van der Waals surface area (Å²) >= 11 is 0. The van der Waals surface area contributed by atoms with Crippen LogP contribution in [0.15, 0.2) is 53.4 Å². The smallest absolute Gasteiger partial charge is 0.241 e. The van der Waals surface area contributed by atoms with Crippen LogP contribution in [0.2, 0.25) is 0 Å². The summed E-state index contributed by atoms with van der Waals surface area (Å²) in [6.45, 7) is 3.18. The van der Waals surface area contributed by atoms with Crippen LogP contribution >= 0.6 is 0 Å². The number of hydrogen-bond acceptors (Lipinski definition) is 6. The molecule has 2 amide bonds. The van der Waals surface area contributed by atoms with E-state index in [1.807, 2.05) is 6.07 Å². The molecule has 10 heteroatoms. The van der Waals surface area contributed by atoms with E-state index in [0.29, 0.717) is 17.2 Å². The SMILES string of the molecule is COc1ccccc1OCCNC(=O)[C@H](C)NS(=O)(=O)c1ccc(NC(C)=O)cc1. The summed E-state index contributed by atoms with van der Waals surface area (Å²) < 4.78 is 38.0. The molecule has 9 nitrogen and oxygen atoms in total. The number of carbonyl (C=O) groups is 2. The molecule has 162 valence electrons. The third kappa shape index (κ3) is 6.75. The summed E-state index contributed by atoms with van der Waals surface area (Å²) in [5.41, 5.74) is 0.474. The van der Waals surface area contributed by atoms with Crippen LogP contribution in [0.1, 0.15) is 13.8 Å². The van der Waals surface area contributed by atoms with Crippen LogP contribution in [-0.4, -0.2) is 46.5 Å². The number of carbonyl (C=O) groups excluding carboxylic acids is 2. The van der Waals surface area contributed by atoms with Gasteiger partial charge in [0, 0.05) is 12.6 Å². The minimum Gasteiger partial charge on any atom is -0.493 e. The average Bonchev–Trinajstić information content (AvgIpc) is 2.71. The zero-order valence-electron chi connectivity index (χ0n) is 17.0. The number of ether oxygens (including phenoxy) is 2. The fourth-order valence-electron chi connectivity index (χ4n) is 2.50. The van der Waals surface area contributed by atoms with Gasteiger partial charge < -0.3 is 20.1 Å². The normalized spacial score (nSPS) is 12.0. The van der Waals surface area contributed by atoms with Crippen LogP contribution in [0, 0.1) is 0 Å². The lowest BCUT2D eigenvalue weighted by Gasteiger charge is -2.15. The molecule has 0 radical (unpaired) electrons. The number of para-hydroxylation sites is 2. The average molecular weight is 436 g/mol. The lowest BCUT2D eigenvalue weighted by Crippen LogP contribution is -2.45. The van der Waals surface area contributed by atoms with Crippen LogP contribution in [0.4, 0.5) is 5.69 Å². The first-order valence-electron chi connectivity index (χ1n) is 9.16. The van der Waals surface area contributed by atoms with Crippen molar-refractivity contribution in [1.29, 1.82) is 0 Å². The summed E-state index contributed by atoms with van der Waals surface area (Å²) in [6, 6.07) is 11.8. The van der Waals surface area contributed by atoms with Crippen molar-refractivity contribution in [3.63, 3.8) is 0 Å². The van der Waals surface area contributed by atoms with E-state index in [0.717, 1.165) is 0 Å². The van der Waals surface area contributed by atoms with Gasteiger partial charge in [-0.25, -0.2) is 8.42 Å².